The second-order valence-corrected chi connectivity index (χ2v) is 3.66. The van der Waals surface area contributed by atoms with E-state index in [1.54, 1.807) is 6.92 Å². The average Bonchev–Trinajstić information content (AvgIpc) is 2.34. The highest BCUT2D eigenvalue weighted by Crippen LogP contribution is 2.09. The predicted octanol–water partition coefficient (Wildman–Crippen LogP) is 1.06. The van der Waals surface area contributed by atoms with Crippen molar-refractivity contribution in [1.82, 2.24) is 0 Å². The molecule has 1 atom stereocenters. The van der Waals surface area contributed by atoms with E-state index in [9.17, 15) is 9.59 Å². The van der Waals surface area contributed by atoms with E-state index in [1.807, 2.05) is 0 Å². The van der Waals surface area contributed by atoms with Crippen LogP contribution in [-0.4, -0.2) is 36.9 Å². The second-order valence-electron chi connectivity index (χ2n) is 3.66. The summed E-state index contributed by atoms with van der Waals surface area (Å²) in [6, 6.07) is 0. The molecule has 1 unspecified atom stereocenters. The molecule has 0 aromatic rings. The summed E-state index contributed by atoms with van der Waals surface area (Å²) < 4.78 is 9.57. The molecule has 0 bridgehead atoms. The van der Waals surface area contributed by atoms with Crippen LogP contribution in [0.2, 0.25) is 0 Å². The van der Waals surface area contributed by atoms with Crippen molar-refractivity contribution in [3.63, 3.8) is 0 Å². The summed E-state index contributed by atoms with van der Waals surface area (Å²) in [5, 5.41) is 8.59. The number of hydrogen-bond donors (Lipinski definition) is 1. The van der Waals surface area contributed by atoms with Crippen LogP contribution in [0.5, 0.6) is 0 Å². The summed E-state index contributed by atoms with van der Waals surface area (Å²) in [6.07, 6.45) is 3.22. The van der Waals surface area contributed by atoms with E-state index in [0.717, 1.165) is 12.5 Å². The number of hydrogen-bond acceptors (Lipinski definition) is 5. The van der Waals surface area contributed by atoms with E-state index in [4.69, 9.17) is 9.84 Å². The molecule has 0 fully saturated rings. The third-order valence-corrected chi connectivity index (χ3v) is 2.19. The SMILES string of the molecule is C=CC(=O)OCCOC(=O)C(C)CCCCO. The molecule has 0 aromatic carbocycles. The largest absolute Gasteiger partial charge is 0.462 e. The van der Waals surface area contributed by atoms with Crippen LogP contribution in [0.15, 0.2) is 12.7 Å². The van der Waals surface area contributed by atoms with Gasteiger partial charge in [-0.25, -0.2) is 4.79 Å². The molecule has 1 N–H and O–H groups in total. The van der Waals surface area contributed by atoms with Crippen molar-refractivity contribution in [2.75, 3.05) is 19.8 Å². The fourth-order valence-corrected chi connectivity index (χ4v) is 1.17. The fraction of sp³-hybridized carbons (Fsp3) is 0.667. The molecule has 0 saturated heterocycles. The molecule has 0 amide bonds. The molecule has 0 saturated carbocycles. The number of unbranched alkanes of at least 4 members (excludes halogenated alkanes) is 1. The van der Waals surface area contributed by atoms with Crippen molar-refractivity contribution in [2.45, 2.75) is 26.2 Å². The first kappa shape index (κ1) is 15.6. The molecule has 0 heterocycles. The monoisotopic (exact) mass is 244 g/mol. The smallest absolute Gasteiger partial charge is 0.330 e. The number of aliphatic hydroxyl groups is 1. The van der Waals surface area contributed by atoms with Crippen molar-refractivity contribution in [2.24, 2.45) is 5.92 Å². The van der Waals surface area contributed by atoms with Gasteiger partial charge in [0.2, 0.25) is 0 Å². The summed E-state index contributed by atoms with van der Waals surface area (Å²) in [4.78, 5) is 22.1. The Bertz CT molecular complexity index is 249. The normalized spacial score (nSPS) is 11.6. The van der Waals surface area contributed by atoms with E-state index in [1.165, 1.54) is 0 Å². The Morgan fingerprint density at radius 2 is 1.94 bits per heavy atom. The molecule has 0 rings (SSSR count). The minimum absolute atomic E-state index is 0.0416. The van der Waals surface area contributed by atoms with Gasteiger partial charge in [-0.05, 0) is 12.8 Å². The third kappa shape index (κ3) is 8.45. The zero-order valence-electron chi connectivity index (χ0n) is 10.2. The Morgan fingerprint density at radius 3 is 2.53 bits per heavy atom. The minimum atomic E-state index is -0.531. The van der Waals surface area contributed by atoms with E-state index in [0.29, 0.717) is 12.8 Å². The van der Waals surface area contributed by atoms with E-state index in [2.05, 4.69) is 11.3 Å². The zero-order chi connectivity index (χ0) is 13.1. The van der Waals surface area contributed by atoms with Gasteiger partial charge in [0.25, 0.3) is 0 Å². The molecule has 0 aliphatic heterocycles. The van der Waals surface area contributed by atoms with E-state index in [-0.39, 0.29) is 31.7 Å². The van der Waals surface area contributed by atoms with Crippen LogP contribution in [0, 0.1) is 5.92 Å². The maximum atomic E-state index is 11.4. The molecule has 0 aromatic heterocycles. The van der Waals surface area contributed by atoms with Crippen LogP contribution < -0.4 is 0 Å². The van der Waals surface area contributed by atoms with Gasteiger partial charge in [0.1, 0.15) is 13.2 Å². The van der Waals surface area contributed by atoms with Crippen LogP contribution in [0.4, 0.5) is 0 Å². The lowest BCUT2D eigenvalue weighted by Crippen LogP contribution is -2.18. The van der Waals surface area contributed by atoms with Crippen molar-refractivity contribution in [3.8, 4) is 0 Å². The van der Waals surface area contributed by atoms with Crippen molar-refractivity contribution < 1.29 is 24.2 Å². The van der Waals surface area contributed by atoms with Gasteiger partial charge in [-0.3, -0.25) is 4.79 Å². The van der Waals surface area contributed by atoms with Crippen molar-refractivity contribution in [3.05, 3.63) is 12.7 Å². The molecule has 0 radical (unpaired) electrons. The number of aliphatic hydroxyl groups excluding tert-OH is 1. The van der Waals surface area contributed by atoms with E-state index >= 15 is 0 Å². The standard InChI is InChI=1S/C12H20O5/c1-3-11(14)16-8-9-17-12(15)10(2)6-4-5-7-13/h3,10,13H,1,4-9H2,2H3. The van der Waals surface area contributed by atoms with Gasteiger partial charge in [0.15, 0.2) is 0 Å². The third-order valence-electron chi connectivity index (χ3n) is 2.19. The molecule has 0 aliphatic rings. The molecular weight excluding hydrogens is 224 g/mol. The Labute approximate surface area is 101 Å². The molecule has 17 heavy (non-hydrogen) atoms. The highest BCUT2D eigenvalue weighted by Gasteiger charge is 2.13. The minimum Gasteiger partial charge on any atom is -0.462 e. The first-order chi connectivity index (χ1) is 8.11. The van der Waals surface area contributed by atoms with Gasteiger partial charge in [-0.2, -0.15) is 0 Å². The lowest BCUT2D eigenvalue weighted by molar-refractivity contribution is -0.153. The lowest BCUT2D eigenvalue weighted by Gasteiger charge is -2.10. The average molecular weight is 244 g/mol. The highest BCUT2D eigenvalue weighted by molar-refractivity contribution is 5.81. The highest BCUT2D eigenvalue weighted by atomic mass is 16.6. The molecule has 5 nitrogen and oxygen atoms in total. The molecule has 5 heteroatoms. The Kier molecular flexibility index (Phi) is 9.05. The van der Waals surface area contributed by atoms with Crippen LogP contribution in [0.1, 0.15) is 26.2 Å². The molecule has 0 spiro atoms. The van der Waals surface area contributed by atoms with Gasteiger partial charge in [-0.15, -0.1) is 0 Å². The number of carbonyl (C=O) groups excluding carboxylic acids is 2. The Hall–Kier alpha value is -1.36. The second kappa shape index (κ2) is 9.84. The number of ether oxygens (including phenoxy) is 2. The summed E-state index contributed by atoms with van der Waals surface area (Å²) in [7, 11) is 0. The van der Waals surface area contributed by atoms with Gasteiger partial charge < -0.3 is 14.6 Å². The maximum Gasteiger partial charge on any atom is 0.330 e. The van der Waals surface area contributed by atoms with Crippen LogP contribution in [0.3, 0.4) is 0 Å². The number of esters is 2. The van der Waals surface area contributed by atoms with Crippen LogP contribution in [0.25, 0.3) is 0 Å². The summed E-state index contributed by atoms with van der Waals surface area (Å²) >= 11 is 0. The predicted molar refractivity (Wildman–Crippen MR) is 62.2 cm³/mol. The van der Waals surface area contributed by atoms with Gasteiger partial charge >= 0.3 is 11.9 Å². The summed E-state index contributed by atoms with van der Waals surface area (Å²) in [5.74, 6) is -1.04. The quantitative estimate of drug-likeness (QED) is 0.373. The van der Waals surface area contributed by atoms with Crippen molar-refractivity contribution >= 4 is 11.9 Å². The Balaban J connectivity index is 3.56. The number of rotatable bonds is 9. The van der Waals surface area contributed by atoms with E-state index < -0.39 is 5.97 Å². The van der Waals surface area contributed by atoms with Gasteiger partial charge in [-0.1, -0.05) is 19.9 Å². The summed E-state index contributed by atoms with van der Waals surface area (Å²) in [5.41, 5.74) is 0. The number of carbonyl (C=O) groups is 2. The van der Waals surface area contributed by atoms with Crippen LogP contribution >= 0.6 is 0 Å². The fourth-order valence-electron chi connectivity index (χ4n) is 1.17. The maximum absolute atomic E-state index is 11.4. The molecule has 0 aliphatic carbocycles. The molecular formula is C12H20O5. The topological polar surface area (TPSA) is 72.8 Å². The Morgan fingerprint density at radius 1 is 1.29 bits per heavy atom. The zero-order valence-corrected chi connectivity index (χ0v) is 10.2. The lowest BCUT2D eigenvalue weighted by atomic mass is 10.0. The van der Waals surface area contributed by atoms with Crippen LogP contribution in [-0.2, 0) is 19.1 Å². The first-order valence-corrected chi connectivity index (χ1v) is 5.68. The van der Waals surface area contributed by atoms with Gasteiger partial charge in [0.05, 0.1) is 5.92 Å². The first-order valence-electron chi connectivity index (χ1n) is 5.68. The van der Waals surface area contributed by atoms with Crippen molar-refractivity contribution in [1.29, 1.82) is 0 Å². The molecule has 98 valence electrons. The summed E-state index contributed by atoms with van der Waals surface area (Å²) in [6.45, 7) is 5.25. The van der Waals surface area contributed by atoms with Gasteiger partial charge in [0, 0.05) is 12.7 Å².